The third kappa shape index (κ3) is 3.45. The Hall–Kier alpha value is -2.23. The molecule has 1 amide bonds. The number of anilines is 2. The highest BCUT2D eigenvalue weighted by Gasteiger charge is 2.07. The summed E-state index contributed by atoms with van der Waals surface area (Å²) >= 11 is 0. The second-order valence-corrected chi connectivity index (χ2v) is 5.52. The predicted molar refractivity (Wildman–Crippen MR) is 87.7 cm³/mol. The summed E-state index contributed by atoms with van der Waals surface area (Å²) in [6, 6.07) is 8.10. The van der Waals surface area contributed by atoms with Gasteiger partial charge in [-0.15, -0.1) is 0 Å². The number of aromatic nitrogens is 1. The molecular weight excluding hydrogens is 262 g/mol. The molecule has 4 heteroatoms. The lowest BCUT2D eigenvalue weighted by Crippen LogP contribution is -2.07. The number of carbonyl (C=O) groups excluding carboxylic acids is 1. The Balaban J connectivity index is 2.15. The lowest BCUT2D eigenvalue weighted by atomic mass is 10.1. The number of hydrogen-bond donors (Lipinski definition) is 2. The zero-order valence-corrected chi connectivity index (χ0v) is 13.4. The molecule has 1 aromatic carbocycles. The fourth-order valence-corrected chi connectivity index (χ4v) is 2.40. The van der Waals surface area contributed by atoms with Gasteiger partial charge in [0.15, 0.2) is 0 Å². The van der Waals surface area contributed by atoms with Crippen LogP contribution in [0.5, 0.6) is 0 Å². The molecule has 0 unspecified atom stereocenters. The molecule has 2 rings (SSSR count). The second-order valence-electron chi connectivity index (χ2n) is 5.52. The lowest BCUT2D eigenvalue weighted by molar-refractivity contribution is -0.114. The van der Waals surface area contributed by atoms with E-state index >= 15 is 0 Å². The van der Waals surface area contributed by atoms with Gasteiger partial charge in [-0.25, -0.2) is 0 Å². The first-order valence-electron chi connectivity index (χ1n) is 7.12. The van der Waals surface area contributed by atoms with Crippen molar-refractivity contribution in [3.63, 3.8) is 0 Å². The van der Waals surface area contributed by atoms with Gasteiger partial charge in [-0.05, 0) is 50.1 Å². The first kappa shape index (κ1) is 15.2. The molecule has 2 aromatic rings. The number of aryl methyl sites for hydroxylation is 2. The average molecular weight is 285 g/mol. The van der Waals surface area contributed by atoms with Crippen molar-refractivity contribution in [2.75, 3.05) is 10.6 Å². The van der Waals surface area contributed by atoms with E-state index in [1.807, 2.05) is 18.2 Å². The van der Waals surface area contributed by atoms with Crippen LogP contribution in [-0.4, -0.2) is 10.5 Å². The molecule has 0 fully saturated rings. The molecule has 4 nitrogen and oxygen atoms in total. The van der Waals surface area contributed by atoms with Gasteiger partial charge < -0.3 is 15.2 Å². The SMILES string of the molecule is CC(=O)Nc1ccc(C)c(NCc2cc(C)n(C)c2C)c1. The van der Waals surface area contributed by atoms with Crippen LogP contribution in [0.1, 0.15) is 29.4 Å². The Kier molecular flexibility index (Phi) is 4.36. The minimum absolute atomic E-state index is 0.0562. The van der Waals surface area contributed by atoms with Gasteiger partial charge in [-0.1, -0.05) is 6.07 Å². The van der Waals surface area contributed by atoms with Crippen LogP contribution in [0.3, 0.4) is 0 Å². The normalized spacial score (nSPS) is 10.5. The molecule has 0 atom stereocenters. The Morgan fingerprint density at radius 1 is 1.19 bits per heavy atom. The predicted octanol–water partition coefficient (Wildman–Crippen LogP) is 3.52. The van der Waals surface area contributed by atoms with Crippen molar-refractivity contribution in [3.05, 3.63) is 46.8 Å². The number of rotatable bonds is 4. The van der Waals surface area contributed by atoms with Gasteiger partial charge in [0.25, 0.3) is 0 Å². The van der Waals surface area contributed by atoms with Crippen molar-refractivity contribution < 1.29 is 4.79 Å². The molecule has 112 valence electrons. The maximum atomic E-state index is 11.1. The highest BCUT2D eigenvalue weighted by molar-refractivity contribution is 5.89. The van der Waals surface area contributed by atoms with E-state index in [0.29, 0.717) is 0 Å². The molecule has 2 N–H and O–H groups in total. The van der Waals surface area contributed by atoms with Gasteiger partial charge in [0.2, 0.25) is 5.91 Å². The number of carbonyl (C=O) groups is 1. The summed E-state index contributed by atoms with van der Waals surface area (Å²) in [6.07, 6.45) is 0. The average Bonchev–Trinajstić information content (AvgIpc) is 2.66. The third-order valence-electron chi connectivity index (χ3n) is 3.91. The molecule has 0 bridgehead atoms. The van der Waals surface area contributed by atoms with Crippen molar-refractivity contribution in [2.24, 2.45) is 7.05 Å². The van der Waals surface area contributed by atoms with Gasteiger partial charge in [0.1, 0.15) is 0 Å². The summed E-state index contributed by atoms with van der Waals surface area (Å²) in [5, 5.41) is 6.27. The summed E-state index contributed by atoms with van der Waals surface area (Å²) in [5.74, 6) is -0.0562. The van der Waals surface area contributed by atoms with E-state index in [9.17, 15) is 4.79 Å². The standard InChI is InChI=1S/C17H23N3O/c1-11-6-7-16(19-14(4)21)9-17(11)18-10-15-8-12(2)20(5)13(15)3/h6-9,18H,10H2,1-5H3,(H,19,21). The molecule has 0 saturated heterocycles. The Morgan fingerprint density at radius 3 is 2.48 bits per heavy atom. The molecule has 0 aliphatic rings. The van der Waals surface area contributed by atoms with Crippen LogP contribution in [0.2, 0.25) is 0 Å². The quantitative estimate of drug-likeness (QED) is 0.903. The zero-order valence-electron chi connectivity index (χ0n) is 13.4. The number of benzene rings is 1. The molecule has 0 saturated carbocycles. The van der Waals surface area contributed by atoms with Crippen molar-refractivity contribution >= 4 is 17.3 Å². The molecule has 1 heterocycles. The van der Waals surface area contributed by atoms with E-state index in [1.165, 1.54) is 23.9 Å². The minimum Gasteiger partial charge on any atom is -0.381 e. The minimum atomic E-state index is -0.0562. The summed E-state index contributed by atoms with van der Waals surface area (Å²) in [4.78, 5) is 11.1. The lowest BCUT2D eigenvalue weighted by Gasteiger charge is -2.12. The molecular formula is C17H23N3O. The Bertz CT molecular complexity index is 671. The van der Waals surface area contributed by atoms with E-state index < -0.39 is 0 Å². The van der Waals surface area contributed by atoms with E-state index in [1.54, 1.807) is 0 Å². The Labute approximate surface area is 126 Å². The summed E-state index contributed by atoms with van der Waals surface area (Å²) < 4.78 is 2.19. The van der Waals surface area contributed by atoms with Gasteiger partial charge in [0, 0.05) is 43.3 Å². The van der Waals surface area contributed by atoms with Crippen LogP contribution in [-0.2, 0) is 18.4 Å². The third-order valence-corrected chi connectivity index (χ3v) is 3.91. The number of amides is 1. The molecule has 0 aliphatic heterocycles. The van der Waals surface area contributed by atoms with Crippen molar-refractivity contribution in [1.82, 2.24) is 4.57 Å². The van der Waals surface area contributed by atoms with Crippen molar-refractivity contribution in [1.29, 1.82) is 0 Å². The van der Waals surface area contributed by atoms with Gasteiger partial charge >= 0.3 is 0 Å². The number of nitrogens with one attached hydrogen (secondary N) is 2. The van der Waals surface area contributed by atoms with E-state index in [2.05, 4.69) is 49.1 Å². The monoisotopic (exact) mass is 285 g/mol. The van der Waals surface area contributed by atoms with Crippen LogP contribution >= 0.6 is 0 Å². The van der Waals surface area contributed by atoms with E-state index in [0.717, 1.165) is 23.5 Å². The first-order chi connectivity index (χ1) is 9.88. The largest absolute Gasteiger partial charge is 0.381 e. The van der Waals surface area contributed by atoms with Gasteiger partial charge in [-0.2, -0.15) is 0 Å². The smallest absolute Gasteiger partial charge is 0.221 e. The fraction of sp³-hybridized carbons (Fsp3) is 0.353. The molecule has 1 aromatic heterocycles. The highest BCUT2D eigenvalue weighted by atomic mass is 16.1. The summed E-state index contributed by atoms with van der Waals surface area (Å²) in [6.45, 7) is 8.59. The molecule has 0 radical (unpaired) electrons. The van der Waals surface area contributed by atoms with Gasteiger partial charge in [-0.3, -0.25) is 4.79 Å². The van der Waals surface area contributed by atoms with Crippen LogP contribution < -0.4 is 10.6 Å². The summed E-state index contributed by atoms with van der Waals surface area (Å²) in [7, 11) is 2.08. The van der Waals surface area contributed by atoms with E-state index in [-0.39, 0.29) is 5.91 Å². The van der Waals surface area contributed by atoms with E-state index in [4.69, 9.17) is 0 Å². The fourth-order valence-electron chi connectivity index (χ4n) is 2.40. The van der Waals surface area contributed by atoms with Crippen LogP contribution in [0, 0.1) is 20.8 Å². The maximum absolute atomic E-state index is 11.1. The molecule has 0 spiro atoms. The van der Waals surface area contributed by atoms with Crippen LogP contribution in [0.15, 0.2) is 24.3 Å². The topological polar surface area (TPSA) is 46.1 Å². The number of hydrogen-bond acceptors (Lipinski definition) is 2. The summed E-state index contributed by atoms with van der Waals surface area (Å²) in [5.41, 5.74) is 6.84. The number of nitrogens with zero attached hydrogens (tertiary/aromatic N) is 1. The second kappa shape index (κ2) is 6.04. The first-order valence-corrected chi connectivity index (χ1v) is 7.12. The van der Waals surface area contributed by atoms with Crippen LogP contribution in [0.4, 0.5) is 11.4 Å². The maximum Gasteiger partial charge on any atom is 0.221 e. The zero-order chi connectivity index (χ0) is 15.6. The van der Waals surface area contributed by atoms with Gasteiger partial charge in [0.05, 0.1) is 0 Å². The van der Waals surface area contributed by atoms with Crippen molar-refractivity contribution in [2.45, 2.75) is 34.2 Å². The Morgan fingerprint density at radius 2 is 1.90 bits per heavy atom. The van der Waals surface area contributed by atoms with Crippen molar-refractivity contribution in [3.8, 4) is 0 Å². The highest BCUT2D eigenvalue weighted by Crippen LogP contribution is 2.22. The van der Waals surface area contributed by atoms with Crippen LogP contribution in [0.25, 0.3) is 0 Å². The molecule has 0 aliphatic carbocycles. The molecule has 21 heavy (non-hydrogen) atoms.